The number of carbonyl (C=O) groups is 1. The van der Waals surface area contributed by atoms with Crippen molar-refractivity contribution in [2.24, 2.45) is 0 Å². The summed E-state index contributed by atoms with van der Waals surface area (Å²) in [5.74, 6) is -0.594. The zero-order chi connectivity index (χ0) is 30.5. The number of esters is 1. The Bertz CT molecular complexity index is 1390. The van der Waals surface area contributed by atoms with Gasteiger partial charge in [-0.2, -0.15) is 5.09 Å². The number of halogens is 1. The van der Waals surface area contributed by atoms with E-state index < -0.39 is 61.7 Å². The fourth-order valence-corrected chi connectivity index (χ4v) is 5.79. The van der Waals surface area contributed by atoms with Crippen molar-refractivity contribution in [1.29, 1.82) is 0 Å². The predicted molar refractivity (Wildman–Crippen MR) is 150 cm³/mol. The van der Waals surface area contributed by atoms with Gasteiger partial charge in [0.05, 0.1) is 6.61 Å². The molecule has 0 spiro atoms. The van der Waals surface area contributed by atoms with Gasteiger partial charge in [0.1, 0.15) is 30.1 Å². The quantitative estimate of drug-likeness (QED) is 0.148. The highest BCUT2D eigenvalue weighted by Crippen LogP contribution is 2.48. The molecule has 0 saturated carbocycles. The molecule has 0 amide bonds. The Kier molecular flexibility index (Phi) is 10.8. The Hall–Kier alpha value is -2.77. The maximum absolute atomic E-state index is 13.9. The number of ether oxygens (including phenoxy) is 2. The molecule has 0 aliphatic carbocycles. The standard InChI is InChI=1S/C26H35ClN3O10P/c1-6-18(7-2)38-23(33)16(5)29-41(36,40-19-10-8-17(27)9-11-19)37-14-20-22(32)26(35,15(3)4)24(39-20)30-13-12-21(31)28-25(30)34/h8-13,16,18,20,22,24,32,35H,3,6-7,14H2,1-2,4-5H3,(H,29,36)(H,28,31,34)/t16-,20+,22+,24-,26+,41?/m0/s1. The smallest absolute Gasteiger partial charge is 0.459 e. The number of benzene rings is 1. The molecule has 0 radical (unpaired) electrons. The molecule has 1 aromatic carbocycles. The van der Waals surface area contributed by atoms with Crippen LogP contribution in [0.2, 0.25) is 5.02 Å². The number of rotatable bonds is 13. The lowest BCUT2D eigenvalue weighted by Crippen LogP contribution is -2.50. The fourth-order valence-electron chi connectivity index (χ4n) is 4.16. The normalized spacial score (nSPS) is 24.5. The van der Waals surface area contributed by atoms with Crippen molar-refractivity contribution < 1.29 is 38.1 Å². The molecule has 2 heterocycles. The van der Waals surface area contributed by atoms with Crippen LogP contribution in [0.4, 0.5) is 0 Å². The molecule has 4 N–H and O–H groups in total. The van der Waals surface area contributed by atoms with E-state index in [1.807, 2.05) is 13.8 Å². The van der Waals surface area contributed by atoms with Crippen LogP contribution in [-0.2, 0) is 23.4 Å². The van der Waals surface area contributed by atoms with Crippen molar-refractivity contribution in [3.05, 3.63) is 74.5 Å². The Morgan fingerprint density at radius 3 is 2.46 bits per heavy atom. The van der Waals surface area contributed by atoms with Gasteiger partial charge in [-0.15, -0.1) is 0 Å². The summed E-state index contributed by atoms with van der Waals surface area (Å²) in [7, 11) is -4.38. The van der Waals surface area contributed by atoms with E-state index in [1.54, 1.807) is 0 Å². The van der Waals surface area contributed by atoms with Gasteiger partial charge in [0.25, 0.3) is 5.56 Å². The third kappa shape index (κ3) is 7.55. The lowest BCUT2D eigenvalue weighted by Gasteiger charge is -2.32. The highest BCUT2D eigenvalue weighted by Gasteiger charge is 2.57. The average Bonchev–Trinajstić information content (AvgIpc) is 3.18. The lowest BCUT2D eigenvalue weighted by molar-refractivity contribution is -0.151. The number of aromatic amines is 1. The number of hydrogen-bond acceptors (Lipinski definition) is 10. The second-order valence-electron chi connectivity index (χ2n) is 9.66. The van der Waals surface area contributed by atoms with E-state index in [0.717, 1.165) is 16.8 Å². The van der Waals surface area contributed by atoms with Gasteiger partial charge >= 0.3 is 19.4 Å². The molecular formula is C26H35ClN3O10P. The van der Waals surface area contributed by atoms with Gasteiger partial charge in [-0.25, -0.2) is 9.36 Å². The third-order valence-electron chi connectivity index (χ3n) is 6.62. The molecule has 1 aromatic heterocycles. The van der Waals surface area contributed by atoms with Crippen molar-refractivity contribution in [3.8, 4) is 5.75 Å². The number of nitrogens with one attached hydrogen (secondary N) is 2. The minimum Gasteiger partial charge on any atom is -0.461 e. The Morgan fingerprint density at radius 2 is 1.90 bits per heavy atom. The van der Waals surface area contributed by atoms with Crippen molar-refractivity contribution >= 4 is 25.3 Å². The largest absolute Gasteiger partial charge is 0.461 e. The van der Waals surface area contributed by atoms with Crippen molar-refractivity contribution in [2.45, 2.75) is 76.7 Å². The number of nitrogens with zero attached hydrogens (tertiary/aromatic N) is 1. The van der Waals surface area contributed by atoms with Gasteiger partial charge in [0.2, 0.25) is 0 Å². The minimum atomic E-state index is -4.38. The van der Waals surface area contributed by atoms with Crippen molar-refractivity contribution in [2.75, 3.05) is 6.61 Å². The fraction of sp³-hybridized carbons (Fsp3) is 0.500. The molecule has 3 rings (SSSR count). The highest BCUT2D eigenvalue weighted by atomic mass is 35.5. The summed E-state index contributed by atoms with van der Waals surface area (Å²) >= 11 is 5.93. The van der Waals surface area contributed by atoms with Crippen LogP contribution in [-0.4, -0.2) is 62.3 Å². The first kappa shape index (κ1) is 32.7. The number of hydrogen-bond donors (Lipinski definition) is 4. The summed E-state index contributed by atoms with van der Waals surface area (Å²) in [6.45, 7) is 9.66. The van der Waals surface area contributed by atoms with Crippen molar-refractivity contribution in [1.82, 2.24) is 14.6 Å². The maximum Gasteiger partial charge on any atom is 0.459 e. The molecule has 1 unspecified atom stereocenters. The van der Waals surface area contributed by atoms with Crippen LogP contribution >= 0.6 is 19.3 Å². The number of H-pyrrole nitrogens is 1. The summed E-state index contributed by atoms with van der Waals surface area (Å²) < 4.78 is 37.2. The molecule has 226 valence electrons. The number of aliphatic hydroxyl groups excluding tert-OH is 1. The molecule has 15 heteroatoms. The van der Waals surface area contributed by atoms with E-state index in [9.17, 15) is 29.2 Å². The van der Waals surface area contributed by atoms with Crippen LogP contribution in [0.1, 0.15) is 46.8 Å². The highest BCUT2D eigenvalue weighted by molar-refractivity contribution is 7.52. The first-order valence-corrected chi connectivity index (χ1v) is 14.9. The van der Waals surface area contributed by atoms with Crippen LogP contribution in [0.15, 0.2) is 58.3 Å². The molecule has 41 heavy (non-hydrogen) atoms. The summed E-state index contributed by atoms with van der Waals surface area (Å²) in [5.41, 5.74) is -3.73. The molecule has 2 aromatic rings. The number of carbonyl (C=O) groups excluding carboxylic acids is 1. The van der Waals surface area contributed by atoms with Crippen molar-refractivity contribution in [3.63, 3.8) is 0 Å². The van der Waals surface area contributed by atoms with Gasteiger partial charge in [-0.3, -0.25) is 23.7 Å². The molecule has 0 bridgehead atoms. The topological polar surface area (TPSA) is 178 Å². The Morgan fingerprint density at radius 1 is 1.27 bits per heavy atom. The second kappa shape index (κ2) is 13.5. The minimum absolute atomic E-state index is 0.0482. The Labute approximate surface area is 241 Å². The summed E-state index contributed by atoms with van der Waals surface area (Å²) in [6, 6.07) is 5.77. The molecule has 1 saturated heterocycles. The average molecular weight is 616 g/mol. The van der Waals surface area contributed by atoms with Gasteiger partial charge in [0, 0.05) is 17.3 Å². The van der Waals surface area contributed by atoms with Gasteiger partial charge in [0.15, 0.2) is 11.8 Å². The molecular weight excluding hydrogens is 581 g/mol. The predicted octanol–water partition coefficient (Wildman–Crippen LogP) is 2.67. The molecule has 1 aliphatic heterocycles. The SMILES string of the molecule is C=C(C)[C@@]1(O)[C@H](O)[C@@H](COP(=O)(N[C@@H](C)C(=O)OC(CC)CC)Oc2ccc(Cl)cc2)O[C@@H]1n1ccc(=O)[nH]c1=O. The zero-order valence-corrected chi connectivity index (χ0v) is 24.8. The van der Waals surface area contributed by atoms with E-state index in [1.165, 1.54) is 38.1 Å². The molecule has 1 aliphatic rings. The second-order valence-corrected chi connectivity index (χ2v) is 11.8. The van der Waals surface area contributed by atoms with Crippen LogP contribution in [0.3, 0.4) is 0 Å². The van der Waals surface area contributed by atoms with E-state index in [-0.39, 0.29) is 17.4 Å². The monoisotopic (exact) mass is 615 g/mol. The number of aromatic nitrogens is 2. The summed E-state index contributed by atoms with van der Waals surface area (Å²) in [4.78, 5) is 38.7. The number of aliphatic hydroxyl groups is 2. The van der Waals surface area contributed by atoms with Crippen LogP contribution in [0.5, 0.6) is 5.75 Å². The van der Waals surface area contributed by atoms with Crippen LogP contribution in [0.25, 0.3) is 0 Å². The zero-order valence-electron chi connectivity index (χ0n) is 23.1. The van der Waals surface area contributed by atoms with E-state index in [4.69, 9.17) is 30.1 Å². The first-order chi connectivity index (χ1) is 19.2. The third-order valence-corrected chi connectivity index (χ3v) is 8.51. The molecule has 13 nitrogen and oxygen atoms in total. The molecule has 6 atom stereocenters. The summed E-state index contributed by atoms with van der Waals surface area (Å²) in [5, 5.41) is 25.4. The van der Waals surface area contributed by atoms with Crippen LogP contribution < -0.4 is 20.9 Å². The van der Waals surface area contributed by atoms with E-state index >= 15 is 0 Å². The Balaban J connectivity index is 1.87. The lowest BCUT2D eigenvalue weighted by atomic mass is 9.87. The van der Waals surface area contributed by atoms with Gasteiger partial charge in [-0.05, 0) is 56.5 Å². The van der Waals surface area contributed by atoms with E-state index in [2.05, 4.69) is 16.7 Å². The maximum atomic E-state index is 13.9. The van der Waals surface area contributed by atoms with Gasteiger partial charge < -0.3 is 24.2 Å². The molecule has 1 fully saturated rings. The summed E-state index contributed by atoms with van der Waals surface area (Å²) in [6.07, 6.45) is -2.66. The first-order valence-electron chi connectivity index (χ1n) is 12.9. The van der Waals surface area contributed by atoms with E-state index in [0.29, 0.717) is 17.9 Å². The van der Waals surface area contributed by atoms with Crippen LogP contribution in [0, 0.1) is 0 Å². The van der Waals surface area contributed by atoms with Gasteiger partial charge in [-0.1, -0.05) is 32.0 Å².